The average Bonchev–Trinajstić information content (AvgIpc) is 3.06. The largest absolute Gasteiger partial charge is 0.454 e. The van der Waals surface area contributed by atoms with Crippen LogP contribution in [0.2, 0.25) is 0 Å². The number of fused-ring (bicyclic) bond motifs is 1. The molecule has 3 amide bonds. The number of ether oxygens (including phenoxy) is 2. The Morgan fingerprint density at radius 3 is 2.48 bits per heavy atom. The normalized spacial score (nSPS) is 13.5. The smallest absolute Gasteiger partial charge is 0.318 e. The van der Waals surface area contributed by atoms with Gasteiger partial charge < -0.3 is 25.0 Å². The van der Waals surface area contributed by atoms with Crippen LogP contribution in [-0.4, -0.2) is 42.8 Å². The summed E-state index contributed by atoms with van der Waals surface area (Å²) in [7, 11) is 0. The summed E-state index contributed by atoms with van der Waals surface area (Å²) < 4.78 is 10.6. The Balaban J connectivity index is 1.95. The highest BCUT2D eigenvalue weighted by Crippen LogP contribution is 2.32. The van der Waals surface area contributed by atoms with Crippen molar-refractivity contribution < 1.29 is 19.1 Å². The first-order valence-electron chi connectivity index (χ1n) is 8.67. The minimum Gasteiger partial charge on any atom is -0.454 e. The van der Waals surface area contributed by atoms with E-state index in [1.165, 1.54) is 0 Å². The van der Waals surface area contributed by atoms with E-state index in [0.717, 1.165) is 5.56 Å². The van der Waals surface area contributed by atoms with Crippen LogP contribution in [0.1, 0.15) is 33.3 Å². The molecule has 2 N–H and O–H groups in total. The van der Waals surface area contributed by atoms with Crippen LogP contribution in [0.25, 0.3) is 0 Å². The van der Waals surface area contributed by atoms with E-state index < -0.39 is 6.04 Å². The molecule has 25 heavy (non-hydrogen) atoms. The highest BCUT2D eigenvalue weighted by molar-refractivity contribution is 5.87. The summed E-state index contributed by atoms with van der Waals surface area (Å²) in [5, 5.41) is 5.71. The van der Waals surface area contributed by atoms with Gasteiger partial charge in [0.25, 0.3) is 0 Å². The van der Waals surface area contributed by atoms with Crippen molar-refractivity contribution in [2.75, 3.05) is 19.9 Å². The Bertz CT molecular complexity index is 614. The maximum absolute atomic E-state index is 12.5. The van der Waals surface area contributed by atoms with E-state index in [4.69, 9.17) is 9.47 Å². The number of hydrogen-bond donors (Lipinski definition) is 2. The predicted octanol–water partition coefficient (Wildman–Crippen LogP) is 2.11. The van der Waals surface area contributed by atoms with Crippen LogP contribution in [0.15, 0.2) is 18.2 Å². The molecule has 1 aliphatic rings. The van der Waals surface area contributed by atoms with E-state index in [0.29, 0.717) is 31.1 Å². The first-order valence-corrected chi connectivity index (χ1v) is 8.67. The van der Waals surface area contributed by atoms with Gasteiger partial charge in [-0.05, 0) is 37.5 Å². The third-order valence-corrected chi connectivity index (χ3v) is 4.18. The molecule has 0 fully saturated rings. The molecule has 1 aliphatic heterocycles. The second-order valence-electron chi connectivity index (χ2n) is 6.25. The molecule has 0 bridgehead atoms. The molecule has 0 aromatic heterocycles. The van der Waals surface area contributed by atoms with Gasteiger partial charge in [0, 0.05) is 19.6 Å². The Kier molecular flexibility index (Phi) is 6.50. The second-order valence-corrected chi connectivity index (χ2v) is 6.25. The zero-order chi connectivity index (χ0) is 18.4. The highest BCUT2D eigenvalue weighted by Gasteiger charge is 2.25. The van der Waals surface area contributed by atoms with Crippen molar-refractivity contribution in [2.24, 2.45) is 5.92 Å². The van der Waals surface area contributed by atoms with Crippen molar-refractivity contribution >= 4 is 11.9 Å². The average molecular weight is 349 g/mol. The number of carbonyl (C=O) groups excluding carboxylic acids is 2. The van der Waals surface area contributed by atoms with Gasteiger partial charge >= 0.3 is 6.03 Å². The van der Waals surface area contributed by atoms with E-state index in [9.17, 15) is 9.59 Å². The minimum absolute atomic E-state index is 0.0173. The van der Waals surface area contributed by atoms with Crippen molar-refractivity contribution in [3.63, 3.8) is 0 Å². The molecule has 1 aromatic carbocycles. The summed E-state index contributed by atoms with van der Waals surface area (Å²) in [6.45, 7) is 9.43. The van der Waals surface area contributed by atoms with E-state index in [1.807, 2.05) is 45.9 Å². The number of rotatable bonds is 7. The maximum atomic E-state index is 12.5. The van der Waals surface area contributed by atoms with Crippen LogP contribution in [0, 0.1) is 5.92 Å². The fourth-order valence-electron chi connectivity index (χ4n) is 2.62. The predicted molar refractivity (Wildman–Crippen MR) is 94.5 cm³/mol. The number of hydrogen-bond acceptors (Lipinski definition) is 4. The number of benzene rings is 1. The van der Waals surface area contributed by atoms with Crippen LogP contribution in [0.5, 0.6) is 11.5 Å². The molecule has 1 heterocycles. The van der Waals surface area contributed by atoms with Crippen LogP contribution in [0.4, 0.5) is 4.79 Å². The molecule has 0 aliphatic carbocycles. The topological polar surface area (TPSA) is 79.9 Å². The fraction of sp³-hybridized carbons (Fsp3) is 0.556. The first-order chi connectivity index (χ1) is 12.0. The first kappa shape index (κ1) is 18.9. The lowest BCUT2D eigenvalue weighted by Crippen LogP contribution is -2.53. The molecule has 0 radical (unpaired) electrons. The summed E-state index contributed by atoms with van der Waals surface area (Å²) in [5.41, 5.74) is 0.912. The highest BCUT2D eigenvalue weighted by atomic mass is 16.7. The van der Waals surface area contributed by atoms with Crippen LogP contribution in [-0.2, 0) is 11.3 Å². The zero-order valence-electron chi connectivity index (χ0n) is 15.3. The van der Waals surface area contributed by atoms with E-state index in [-0.39, 0.29) is 24.6 Å². The molecule has 0 spiro atoms. The molecule has 1 aromatic rings. The van der Waals surface area contributed by atoms with Crippen molar-refractivity contribution in [1.82, 2.24) is 15.5 Å². The standard InChI is InChI=1S/C18H27N3O4/c1-5-21(6-2)18(23)20-16(12(3)4)17(22)19-10-13-7-8-14-15(9-13)25-11-24-14/h7-9,12,16H,5-6,10-11H2,1-4H3,(H,19,22)(H,20,23)/t16-/m0/s1. The van der Waals surface area contributed by atoms with Gasteiger partial charge in [0.05, 0.1) is 0 Å². The van der Waals surface area contributed by atoms with Crippen molar-refractivity contribution in [3.8, 4) is 11.5 Å². The molecule has 138 valence electrons. The van der Waals surface area contributed by atoms with Crippen molar-refractivity contribution in [1.29, 1.82) is 0 Å². The monoisotopic (exact) mass is 349 g/mol. The summed E-state index contributed by atoms with van der Waals surface area (Å²) in [6, 6.07) is 4.75. The number of nitrogens with zero attached hydrogens (tertiary/aromatic N) is 1. The number of carbonyl (C=O) groups is 2. The van der Waals surface area contributed by atoms with Gasteiger partial charge in [0.15, 0.2) is 11.5 Å². The molecule has 7 heteroatoms. The molecule has 1 atom stereocenters. The van der Waals surface area contributed by atoms with Crippen LogP contribution >= 0.6 is 0 Å². The molecule has 2 rings (SSSR count). The number of urea groups is 1. The molecular formula is C18H27N3O4. The lowest BCUT2D eigenvalue weighted by molar-refractivity contribution is -0.124. The summed E-state index contributed by atoms with van der Waals surface area (Å²) in [5.74, 6) is 1.17. The van der Waals surface area contributed by atoms with Gasteiger partial charge in [-0.25, -0.2) is 4.79 Å². The third-order valence-electron chi connectivity index (χ3n) is 4.18. The number of amides is 3. The van der Waals surface area contributed by atoms with E-state index >= 15 is 0 Å². The summed E-state index contributed by atoms with van der Waals surface area (Å²) in [4.78, 5) is 26.4. The Hall–Kier alpha value is -2.44. The summed E-state index contributed by atoms with van der Waals surface area (Å²) in [6.07, 6.45) is 0. The molecule has 0 saturated heterocycles. The van der Waals surface area contributed by atoms with Gasteiger partial charge in [-0.3, -0.25) is 4.79 Å². The molecule has 7 nitrogen and oxygen atoms in total. The van der Waals surface area contributed by atoms with Gasteiger partial charge in [-0.15, -0.1) is 0 Å². The maximum Gasteiger partial charge on any atom is 0.318 e. The minimum atomic E-state index is -0.581. The second kappa shape index (κ2) is 8.60. The zero-order valence-corrected chi connectivity index (χ0v) is 15.3. The Labute approximate surface area is 148 Å². The van der Waals surface area contributed by atoms with Gasteiger partial charge in [-0.2, -0.15) is 0 Å². The van der Waals surface area contributed by atoms with Crippen molar-refractivity contribution in [3.05, 3.63) is 23.8 Å². The van der Waals surface area contributed by atoms with Gasteiger partial charge in [-0.1, -0.05) is 19.9 Å². The molecule has 0 saturated carbocycles. The van der Waals surface area contributed by atoms with E-state index in [2.05, 4.69) is 10.6 Å². The van der Waals surface area contributed by atoms with Crippen LogP contribution in [0.3, 0.4) is 0 Å². The molecule has 0 unspecified atom stereocenters. The Morgan fingerprint density at radius 1 is 1.16 bits per heavy atom. The summed E-state index contributed by atoms with van der Waals surface area (Å²) >= 11 is 0. The lowest BCUT2D eigenvalue weighted by atomic mass is 10.0. The molecular weight excluding hydrogens is 322 g/mol. The third kappa shape index (κ3) is 4.78. The lowest BCUT2D eigenvalue weighted by Gasteiger charge is -2.26. The van der Waals surface area contributed by atoms with E-state index in [1.54, 1.807) is 4.90 Å². The van der Waals surface area contributed by atoms with Gasteiger partial charge in [0.1, 0.15) is 6.04 Å². The fourth-order valence-corrected chi connectivity index (χ4v) is 2.62. The Morgan fingerprint density at radius 2 is 1.84 bits per heavy atom. The quantitative estimate of drug-likeness (QED) is 0.790. The number of nitrogens with one attached hydrogen (secondary N) is 2. The van der Waals surface area contributed by atoms with Crippen LogP contribution < -0.4 is 20.1 Å². The SMILES string of the molecule is CCN(CC)C(=O)N[C@H](C(=O)NCc1ccc2c(c1)OCO2)C(C)C. The van der Waals surface area contributed by atoms with Gasteiger partial charge in [0.2, 0.25) is 12.7 Å². The van der Waals surface area contributed by atoms with Crippen molar-refractivity contribution in [2.45, 2.75) is 40.3 Å².